The Morgan fingerprint density at radius 2 is 0.841 bits per heavy atom. The molecule has 0 rings (SSSR count). The van der Waals surface area contributed by atoms with Crippen molar-refractivity contribution in [3.63, 3.8) is 0 Å². The van der Waals surface area contributed by atoms with Gasteiger partial charge in [-0.15, -0.1) is 0 Å². The maximum absolute atomic E-state index is 12.8. The van der Waals surface area contributed by atoms with Crippen molar-refractivity contribution in [1.82, 2.24) is 0 Å². The second kappa shape index (κ2) is 45.3. The van der Waals surface area contributed by atoms with E-state index in [2.05, 4.69) is 86.8 Å². The van der Waals surface area contributed by atoms with Crippen LogP contribution in [0.15, 0.2) is 72.9 Å². The summed E-state index contributed by atoms with van der Waals surface area (Å²) >= 11 is 0. The van der Waals surface area contributed by atoms with E-state index in [1.807, 2.05) is 0 Å². The fraction of sp³-hybridized carbons (Fsp3) is 0.727. The van der Waals surface area contributed by atoms with E-state index in [4.69, 9.17) is 14.2 Å². The average Bonchev–Trinajstić information content (AvgIpc) is 3.24. The van der Waals surface area contributed by atoms with Gasteiger partial charge in [0, 0.05) is 19.3 Å². The highest BCUT2D eigenvalue weighted by Crippen LogP contribution is 2.15. The summed E-state index contributed by atoms with van der Waals surface area (Å²) in [7, 11) is 5.41. The topological polar surface area (TPSA) is 102 Å². The van der Waals surface area contributed by atoms with Crippen molar-refractivity contribution in [1.29, 1.82) is 0 Å². The monoisotopic (exact) mass is 882 g/mol. The predicted molar refractivity (Wildman–Crippen MR) is 263 cm³/mol. The molecule has 0 aliphatic heterocycles. The first-order valence-corrected chi connectivity index (χ1v) is 25.5. The first-order chi connectivity index (χ1) is 30.6. The second-order valence-corrected chi connectivity index (χ2v) is 18.0. The van der Waals surface area contributed by atoms with E-state index in [1.54, 1.807) is 21.1 Å². The molecule has 0 aliphatic carbocycles. The SMILES string of the molecule is CC/C=C/C/C=C/C/C=C/CCCCCCCCCCCCC(=O)OCC(COCCC(C(=O)[O-])[N+](C)(C)C)OC(=O)CCCCCCCCCCC/C=C/C/C=C/C/C=C/CC. The molecule has 2 unspecified atom stereocenters. The highest BCUT2D eigenvalue weighted by atomic mass is 16.6. The first kappa shape index (κ1) is 59.8. The Bertz CT molecular complexity index is 1260. The van der Waals surface area contributed by atoms with Crippen molar-refractivity contribution in [2.45, 2.75) is 219 Å². The zero-order valence-electron chi connectivity index (χ0n) is 41.2. The molecule has 0 aromatic carbocycles. The van der Waals surface area contributed by atoms with E-state index < -0.39 is 18.1 Å². The minimum atomic E-state index is -1.13. The van der Waals surface area contributed by atoms with Crippen LogP contribution in [0.5, 0.6) is 0 Å². The summed E-state index contributed by atoms with van der Waals surface area (Å²) < 4.78 is 17.2. The number of aliphatic carboxylic acids is 1. The number of nitrogens with zero attached hydrogens (tertiary/aromatic N) is 1. The van der Waals surface area contributed by atoms with E-state index in [9.17, 15) is 19.5 Å². The Morgan fingerprint density at radius 3 is 1.24 bits per heavy atom. The molecule has 0 spiro atoms. The smallest absolute Gasteiger partial charge is 0.306 e. The fourth-order valence-electron chi connectivity index (χ4n) is 7.22. The number of carbonyl (C=O) groups excluding carboxylic acids is 3. The Morgan fingerprint density at radius 1 is 0.476 bits per heavy atom. The fourth-order valence-corrected chi connectivity index (χ4v) is 7.22. The number of ether oxygens (including phenoxy) is 3. The largest absolute Gasteiger partial charge is 0.544 e. The standard InChI is InChI=1S/C55H95NO7/c1-6-8-10-12-14-16-18-20-22-24-26-28-29-31-33-35-37-39-41-43-45-53(57)62-50-51(49-61-48-47-52(55(59)60)56(3,4)5)63-54(58)46-44-42-40-38-36-34-32-30-27-25-23-21-19-17-15-13-11-9-7-2/h8-11,14-17,20-23,51-52H,6-7,12-13,18-19,24-50H2,1-5H3/b10-8+,11-9+,16-14+,17-15+,22-20+,23-21+. The van der Waals surface area contributed by atoms with Crippen LogP contribution in [-0.4, -0.2) is 75.5 Å². The van der Waals surface area contributed by atoms with Gasteiger partial charge in [-0.2, -0.15) is 0 Å². The zero-order chi connectivity index (χ0) is 46.3. The lowest BCUT2D eigenvalue weighted by Gasteiger charge is -2.34. The van der Waals surface area contributed by atoms with Crippen molar-refractivity contribution in [2.75, 3.05) is 41.0 Å². The maximum atomic E-state index is 12.8. The molecule has 63 heavy (non-hydrogen) atoms. The van der Waals surface area contributed by atoms with E-state index in [1.165, 1.54) is 89.9 Å². The number of likely N-dealkylation sites (N-methyl/N-ethyl adjacent to an activating group) is 1. The molecule has 0 aromatic rings. The summed E-state index contributed by atoms with van der Waals surface area (Å²) in [5.74, 6) is -1.75. The van der Waals surface area contributed by atoms with Crippen LogP contribution in [0.25, 0.3) is 0 Å². The van der Waals surface area contributed by atoms with Gasteiger partial charge in [-0.25, -0.2) is 0 Å². The number of carboxylic acid groups (broad SMARTS) is 1. The molecular formula is C55H95NO7. The number of esters is 2. The van der Waals surface area contributed by atoms with E-state index in [0.29, 0.717) is 12.8 Å². The molecule has 0 heterocycles. The van der Waals surface area contributed by atoms with Crippen LogP contribution in [-0.2, 0) is 28.6 Å². The lowest BCUT2D eigenvalue weighted by atomic mass is 10.1. The average molecular weight is 882 g/mol. The van der Waals surface area contributed by atoms with Crippen molar-refractivity contribution >= 4 is 17.9 Å². The van der Waals surface area contributed by atoms with Crippen LogP contribution in [0.4, 0.5) is 0 Å². The lowest BCUT2D eigenvalue weighted by Crippen LogP contribution is -2.55. The van der Waals surface area contributed by atoms with Gasteiger partial charge in [0.2, 0.25) is 0 Å². The number of carboxylic acids is 1. The number of unbranched alkanes of at least 4 members (excludes halogenated alkanes) is 19. The van der Waals surface area contributed by atoms with Gasteiger partial charge < -0.3 is 28.6 Å². The van der Waals surface area contributed by atoms with Gasteiger partial charge in [-0.1, -0.05) is 183 Å². The Kier molecular flexibility index (Phi) is 43.0. The summed E-state index contributed by atoms with van der Waals surface area (Å²) in [6.45, 7) is 4.44. The van der Waals surface area contributed by atoms with Crippen LogP contribution in [0.3, 0.4) is 0 Å². The van der Waals surface area contributed by atoms with Crippen LogP contribution >= 0.6 is 0 Å². The summed E-state index contributed by atoms with van der Waals surface area (Å²) in [4.78, 5) is 37.0. The van der Waals surface area contributed by atoms with Gasteiger partial charge in [0.1, 0.15) is 12.6 Å². The molecule has 0 amide bonds. The summed E-state index contributed by atoms with van der Waals surface area (Å²) in [5, 5.41) is 11.7. The van der Waals surface area contributed by atoms with Gasteiger partial charge in [0.05, 0.1) is 40.3 Å². The number of quaternary nitrogens is 1. The third-order valence-electron chi connectivity index (χ3n) is 11.1. The summed E-state index contributed by atoms with van der Waals surface area (Å²) in [6, 6.07) is -0.730. The number of hydrogen-bond acceptors (Lipinski definition) is 7. The maximum Gasteiger partial charge on any atom is 0.306 e. The number of allylic oxidation sites excluding steroid dienone is 12. The number of hydrogen-bond donors (Lipinski definition) is 0. The van der Waals surface area contributed by atoms with E-state index in [0.717, 1.165) is 83.5 Å². The van der Waals surface area contributed by atoms with Crippen LogP contribution in [0, 0.1) is 0 Å². The second-order valence-electron chi connectivity index (χ2n) is 18.0. The molecule has 2 atom stereocenters. The third kappa shape index (κ3) is 43.8. The van der Waals surface area contributed by atoms with Gasteiger partial charge >= 0.3 is 11.9 Å². The van der Waals surface area contributed by atoms with Crippen LogP contribution in [0.1, 0.15) is 206 Å². The Hall–Kier alpha value is -3.23. The third-order valence-corrected chi connectivity index (χ3v) is 11.1. The molecule has 0 N–H and O–H groups in total. The van der Waals surface area contributed by atoms with E-state index in [-0.39, 0.29) is 42.7 Å². The minimum Gasteiger partial charge on any atom is -0.544 e. The van der Waals surface area contributed by atoms with Gasteiger partial charge in [-0.05, 0) is 77.0 Å². The molecule has 362 valence electrons. The van der Waals surface area contributed by atoms with Gasteiger partial charge in [0.25, 0.3) is 0 Å². The van der Waals surface area contributed by atoms with E-state index >= 15 is 0 Å². The lowest BCUT2D eigenvalue weighted by molar-refractivity contribution is -0.889. The van der Waals surface area contributed by atoms with Crippen molar-refractivity contribution < 1.29 is 38.2 Å². The molecule has 0 bridgehead atoms. The molecule has 0 radical (unpaired) electrons. The number of rotatable bonds is 45. The molecule has 0 fully saturated rings. The number of carbonyl (C=O) groups is 3. The predicted octanol–water partition coefficient (Wildman–Crippen LogP) is 13.4. The molecular weight excluding hydrogens is 787 g/mol. The van der Waals surface area contributed by atoms with Crippen molar-refractivity contribution in [2.24, 2.45) is 0 Å². The molecule has 8 heteroatoms. The quantitative estimate of drug-likeness (QED) is 0.0260. The van der Waals surface area contributed by atoms with Crippen molar-refractivity contribution in [3.05, 3.63) is 72.9 Å². The molecule has 0 aliphatic rings. The minimum absolute atomic E-state index is 0.0350. The highest BCUT2D eigenvalue weighted by molar-refractivity contribution is 5.70. The first-order valence-electron chi connectivity index (χ1n) is 25.5. The zero-order valence-corrected chi connectivity index (χ0v) is 41.2. The molecule has 0 aromatic heterocycles. The Labute approximate surface area is 387 Å². The Balaban J connectivity index is 4.26. The summed E-state index contributed by atoms with van der Waals surface area (Å²) in [5.41, 5.74) is 0. The normalized spacial score (nSPS) is 13.5. The van der Waals surface area contributed by atoms with Crippen LogP contribution < -0.4 is 5.11 Å². The van der Waals surface area contributed by atoms with Gasteiger partial charge in [0.15, 0.2) is 6.10 Å². The molecule has 0 saturated carbocycles. The molecule has 8 nitrogen and oxygen atoms in total. The summed E-state index contributed by atoms with van der Waals surface area (Å²) in [6.07, 6.45) is 57.8. The molecule has 0 saturated heterocycles. The highest BCUT2D eigenvalue weighted by Gasteiger charge is 2.25. The van der Waals surface area contributed by atoms with Crippen molar-refractivity contribution in [3.8, 4) is 0 Å². The van der Waals surface area contributed by atoms with Gasteiger partial charge in [-0.3, -0.25) is 9.59 Å². The van der Waals surface area contributed by atoms with Crippen LogP contribution in [0.2, 0.25) is 0 Å².